The highest BCUT2D eigenvalue weighted by molar-refractivity contribution is 7.99. The van der Waals surface area contributed by atoms with E-state index in [-0.39, 0.29) is 17.6 Å². The van der Waals surface area contributed by atoms with Crippen LogP contribution in [0.25, 0.3) is 0 Å². The Kier molecular flexibility index (Phi) is 8.19. The maximum atomic E-state index is 13.3. The summed E-state index contributed by atoms with van der Waals surface area (Å²) in [5, 5.41) is 0. The van der Waals surface area contributed by atoms with Crippen LogP contribution in [0.1, 0.15) is 24.0 Å². The normalized spacial score (nSPS) is 20.1. The first-order chi connectivity index (χ1) is 17.6. The van der Waals surface area contributed by atoms with Gasteiger partial charge in [0.1, 0.15) is 11.2 Å². The summed E-state index contributed by atoms with van der Waals surface area (Å²) in [5.74, 6) is 0.277. The van der Waals surface area contributed by atoms with E-state index in [1.807, 2.05) is 60.7 Å². The van der Waals surface area contributed by atoms with Gasteiger partial charge in [0.2, 0.25) is 5.91 Å². The summed E-state index contributed by atoms with van der Waals surface area (Å²) in [6.45, 7) is 2.64. The lowest BCUT2D eigenvalue weighted by atomic mass is 9.64. The maximum Gasteiger partial charge on any atom is 0.573 e. The second-order valence-electron chi connectivity index (χ2n) is 9.86. The molecule has 2 N–H and O–H groups in total. The standard InChI is InChI=1S/C29H31F3N2O2S/c1-34(17-9-19-37-26-15-8-14-25(20-26)36-29(30,31)32)18-16-24(21-34)28(27(33)35,22-10-4-2-5-11-22)23-12-6-3-7-13-23/h2-8,10-15,20,24H,9,16-19,21H2,1H3,(H-,33,35)/p+1/t24?,34-/m1/s1. The molecule has 0 bridgehead atoms. The molecule has 1 aliphatic rings. The van der Waals surface area contributed by atoms with Crippen molar-refractivity contribution in [1.29, 1.82) is 0 Å². The van der Waals surface area contributed by atoms with Crippen LogP contribution < -0.4 is 10.5 Å². The van der Waals surface area contributed by atoms with Gasteiger partial charge in [-0.25, -0.2) is 0 Å². The molecule has 37 heavy (non-hydrogen) atoms. The number of amides is 1. The van der Waals surface area contributed by atoms with Crippen molar-refractivity contribution < 1.29 is 27.2 Å². The first kappa shape index (κ1) is 27.1. The summed E-state index contributed by atoms with van der Waals surface area (Å²) in [6.07, 6.45) is -2.94. The lowest BCUT2D eigenvalue weighted by Crippen LogP contribution is -2.51. The van der Waals surface area contributed by atoms with Gasteiger partial charge >= 0.3 is 6.36 Å². The summed E-state index contributed by atoms with van der Waals surface area (Å²) in [4.78, 5) is 14.0. The number of quaternary nitrogens is 1. The Morgan fingerprint density at radius 1 is 1.00 bits per heavy atom. The van der Waals surface area contributed by atoms with Crippen molar-refractivity contribution >= 4 is 17.7 Å². The fourth-order valence-electron chi connectivity index (χ4n) is 5.66. The van der Waals surface area contributed by atoms with Gasteiger partial charge in [-0.05, 0) is 29.3 Å². The predicted octanol–water partition coefficient (Wildman–Crippen LogP) is 6.01. The average molecular weight is 530 g/mol. The topological polar surface area (TPSA) is 52.3 Å². The Morgan fingerprint density at radius 3 is 2.19 bits per heavy atom. The van der Waals surface area contributed by atoms with Crippen molar-refractivity contribution in [3.63, 3.8) is 0 Å². The number of primary amides is 1. The molecule has 0 spiro atoms. The highest BCUT2D eigenvalue weighted by Crippen LogP contribution is 2.45. The zero-order chi connectivity index (χ0) is 26.5. The van der Waals surface area contributed by atoms with Crippen LogP contribution in [0.4, 0.5) is 13.2 Å². The van der Waals surface area contributed by atoms with E-state index >= 15 is 0 Å². The SMILES string of the molecule is C[N@@+]1(CCCSc2cccc(OC(F)(F)F)c2)CCC(C(C(N)=O)(c2ccccc2)c2ccccc2)C1. The third-order valence-electron chi connectivity index (χ3n) is 7.29. The third-order valence-corrected chi connectivity index (χ3v) is 8.37. The maximum absolute atomic E-state index is 13.3. The number of alkyl halides is 3. The van der Waals surface area contributed by atoms with Crippen molar-refractivity contribution in [2.75, 3.05) is 32.4 Å². The Hall–Kier alpha value is -2.97. The first-order valence-corrected chi connectivity index (χ1v) is 13.3. The van der Waals surface area contributed by atoms with E-state index in [1.165, 1.54) is 23.9 Å². The van der Waals surface area contributed by atoms with Crippen LogP contribution in [0, 0.1) is 5.92 Å². The number of hydrogen-bond donors (Lipinski definition) is 1. The summed E-state index contributed by atoms with van der Waals surface area (Å²) in [7, 11) is 2.21. The number of carbonyl (C=O) groups is 1. The Bertz CT molecular complexity index is 1150. The minimum atomic E-state index is -4.70. The molecule has 1 saturated heterocycles. The predicted molar refractivity (Wildman–Crippen MR) is 140 cm³/mol. The average Bonchev–Trinajstić information content (AvgIpc) is 3.25. The van der Waals surface area contributed by atoms with Crippen molar-refractivity contribution in [3.8, 4) is 5.75 Å². The smallest absolute Gasteiger partial charge is 0.406 e. The summed E-state index contributed by atoms with van der Waals surface area (Å²) < 4.78 is 42.4. The van der Waals surface area contributed by atoms with Crippen LogP contribution in [0.2, 0.25) is 0 Å². The number of ether oxygens (including phenoxy) is 1. The number of nitrogens with two attached hydrogens (primary N) is 1. The minimum Gasteiger partial charge on any atom is -0.406 e. The van der Waals surface area contributed by atoms with Gasteiger partial charge in [-0.2, -0.15) is 0 Å². The molecule has 196 valence electrons. The van der Waals surface area contributed by atoms with E-state index in [9.17, 15) is 18.0 Å². The number of rotatable bonds is 10. The molecule has 1 heterocycles. The molecule has 3 aromatic rings. The Balaban J connectivity index is 1.45. The second-order valence-corrected chi connectivity index (χ2v) is 11.0. The second kappa shape index (κ2) is 11.2. The zero-order valence-corrected chi connectivity index (χ0v) is 21.6. The fraction of sp³-hybridized carbons (Fsp3) is 0.345. The largest absolute Gasteiger partial charge is 0.573 e. The van der Waals surface area contributed by atoms with Gasteiger partial charge in [0, 0.05) is 29.4 Å². The Morgan fingerprint density at radius 2 is 1.62 bits per heavy atom. The summed E-state index contributed by atoms with van der Waals surface area (Å²) in [5.41, 5.74) is 7.14. The molecule has 0 aromatic heterocycles. The zero-order valence-electron chi connectivity index (χ0n) is 20.8. The van der Waals surface area contributed by atoms with Crippen molar-refractivity contribution in [2.24, 2.45) is 11.7 Å². The van der Waals surface area contributed by atoms with Gasteiger partial charge in [-0.15, -0.1) is 24.9 Å². The molecule has 4 rings (SSSR count). The van der Waals surface area contributed by atoms with Crippen LogP contribution in [-0.4, -0.2) is 49.2 Å². The first-order valence-electron chi connectivity index (χ1n) is 12.4. The van der Waals surface area contributed by atoms with Crippen LogP contribution in [0.3, 0.4) is 0 Å². The molecular weight excluding hydrogens is 497 g/mol. The molecular formula is C29H32F3N2O2S+. The number of thioether (sulfide) groups is 1. The highest BCUT2D eigenvalue weighted by atomic mass is 32.2. The molecule has 3 aromatic carbocycles. The van der Waals surface area contributed by atoms with Gasteiger partial charge in [0.15, 0.2) is 0 Å². The van der Waals surface area contributed by atoms with Gasteiger partial charge < -0.3 is 15.0 Å². The number of likely N-dealkylation sites (tertiary alicyclic amines) is 1. The highest BCUT2D eigenvalue weighted by Gasteiger charge is 2.53. The van der Waals surface area contributed by atoms with Crippen molar-refractivity contribution in [3.05, 3.63) is 96.1 Å². The molecule has 1 fully saturated rings. The number of carbonyl (C=O) groups excluding carboxylic acids is 1. The minimum absolute atomic E-state index is 0.0450. The van der Waals surface area contributed by atoms with E-state index in [1.54, 1.807) is 12.1 Å². The van der Waals surface area contributed by atoms with E-state index in [0.29, 0.717) is 0 Å². The molecule has 0 radical (unpaired) electrons. The van der Waals surface area contributed by atoms with Gasteiger partial charge in [0.05, 0.1) is 26.7 Å². The number of hydrogen-bond acceptors (Lipinski definition) is 3. The van der Waals surface area contributed by atoms with Crippen LogP contribution in [-0.2, 0) is 10.2 Å². The number of benzene rings is 3. The summed E-state index contributed by atoms with van der Waals surface area (Å²) >= 11 is 1.52. The van der Waals surface area contributed by atoms with Crippen LogP contribution in [0.5, 0.6) is 5.75 Å². The molecule has 4 nitrogen and oxygen atoms in total. The molecule has 1 unspecified atom stereocenters. The molecule has 8 heteroatoms. The lowest BCUT2D eigenvalue weighted by molar-refractivity contribution is -0.899. The molecule has 1 amide bonds. The lowest BCUT2D eigenvalue weighted by Gasteiger charge is -2.38. The van der Waals surface area contributed by atoms with Gasteiger partial charge in [-0.1, -0.05) is 66.7 Å². The third kappa shape index (κ3) is 6.30. The van der Waals surface area contributed by atoms with Gasteiger partial charge in [0.25, 0.3) is 0 Å². The van der Waals surface area contributed by atoms with Crippen molar-refractivity contribution in [1.82, 2.24) is 0 Å². The van der Waals surface area contributed by atoms with E-state index in [2.05, 4.69) is 11.8 Å². The monoisotopic (exact) mass is 529 g/mol. The number of halogens is 3. The number of nitrogens with zero attached hydrogens (tertiary/aromatic N) is 1. The molecule has 0 aliphatic carbocycles. The fourth-order valence-corrected chi connectivity index (χ4v) is 6.55. The van der Waals surface area contributed by atoms with Crippen LogP contribution in [0.15, 0.2) is 89.8 Å². The van der Waals surface area contributed by atoms with Crippen LogP contribution >= 0.6 is 11.8 Å². The van der Waals surface area contributed by atoms with E-state index in [4.69, 9.17) is 5.73 Å². The molecule has 1 aliphatic heterocycles. The van der Waals surface area contributed by atoms with E-state index in [0.717, 1.165) is 58.7 Å². The molecule has 0 saturated carbocycles. The Labute approximate surface area is 220 Å². The molecule has 2 atom stereocenters. The van der Waals surface area contributed by atoms with E-state index < -0.39 is 11.8 Å². The van der Waals surface area contributed by atoms with Gasteiger partial charge in [-0.3, -0.25) is 4.79 Å². The van der Waals surface area contributed by atoms with Crippen molar-refractivity contribution in [2.45, 2.75) is 29.5 Å². The summed E-state index contributed by atoms with van der Waals surface area (Å²) in [6, 6.07) is 25.7. The quantitative estimate of drug-likeness (QED) is 0.199.